The molecule has 6 atom stereocenters. The number of thiazole rings is 1. The van der Waals surface area contributed by atoms with Gasteiger partial charge in [0.05, 0.1) is 30.5 Å². The van der Waals surface area contributed by atoms with Gasteiger partial charge in [-0.25, -0.2) is 9.97 Å². The summed E-state index contributed by atoms with van der Waals surface area (Å²) in [7, 11) is 0. The lowest BCUT2D eigenvalue weighted by Crippen LogP contribution is -2.52. The summed E-state index contributed by atoms with van der Waals surface area (Å²) in [4.78, 5) is 24.9. The van der Waals surface area contributed by atoms with Gasteiger partial charge in [-0.3, -0.25) is 9.69 Å². The highest BCUT2D eigenvalue weighted by Gasteiger charge is 2.36. The van der Waals surface area contributed by atoms with Gasteiger partial charge < -0.3 is 30.4 Å². The van der Waals surface area contributed by atoms with Gasteiger partial charge in [-0.05, 0) is 61.9 Å². The maximum Gasteiger partial charge on any atom is 0.251 e. The highest BCUT2D eigenvalue weighted by atomic mass is 32.1. The van der Waals surface area contributed by atoms with Gasteiger partial charge in [0.2, 0.25) is 5.89 Å². The number of carbonyl (C=O) groups is 1. The predicted octanol–water partition coefficient (Wildman–Crippen LogP) is 3.36. The SMILES string of the molecule is Cc1csc(C2CCCN2C(O)c2cc(C(=O)NC(Cc3ccccc3)C(O)C3CC(O)CN3)cc(-c3ncco3)c2)n1. The Bertz CT molecular complexity index is 1510. The summed E-state index contributed by atoms with van der Waals surface area (Å²) >= 11 is 1.60. The van der Waals surface area contributed by atoms with E-state index >= 15 is 0 Å². The standard InChI is InChI=1S/C32H37N5O5S/c1-19-18-43-31(35-19)27-8-5-10-37(27)32(41)23-14-21(13-22(15-23)30-33-9-11-42-30)29(40)36-26(12-20-6-3-2-4-7-20)28(39)25-16-24(38)17-34-25/h2-4,6-7,9,11,13-15,18,24-28,32,34,38-39,41H,5,8,10,12,16-17H2,1H3,(H,36,40). The molecule has 5 N–H and O–H groups in total. The van der Waals surface area contributed by atoms with E-state index in [1.54, 1.807) is 29.5 Å². The fourth-order valence-corrected chi connectivity index (χ4v) is 7.10. The Morgan fingerprint density at radius 3 is 2.77 bits per heavy atom. The highest BCUT2D eigenvalue weighted by molar-refractivity contribution is 7.09. The average molecular weight is 604 g/mol. The van der Waals surface area contributed by atoms with Gasteiger partial charge in [-0.15, -0.1) is 11.3 Å². The van der Waals surface area contributed by atoms with Crippen LogP contribution in [0, 0.1) is 6.92 Å². The molecule has 0 radical (unpaired) electrons. The zero-order valence-corrected chi connectivity index (χ0v) is 24.8. The van der Waals surface area contributed by atoms with Gasteiger partial charge in [0.15, 0.2) is 0 Å². The number of nitrogens with zero attached hydrogens (tertiary/aromatic N) is 3. The molecule has 2 saturated heterocycles. The molecule has 0 spiro atoms. The van der Waals surface area contributed by atoms with Crippen molar-refractivity contribution < 1.29 is 24.5 Å². The number of likely N-dealkylation sites (tertiary alicyclic amines) is 1. The average Bonchev–Trinajstić information content (AvgIpc) is 3.84. The van der Waals surface area contributed by atoms with Crippen molar-refractivity contribution in [1.29, 1.82) is 0 Å². The molecule has 0 aliphatic carbocycles. The topological polar surface area (TPSA) is 144 Å². The molecule has 6 rings (SSSR count). The molecule has 6 unspecified atom stereocenters. The molecule has 2 aromatic heterocycles. The fourth-order valence-electron chi connectivity index (χ4n) is 6.15. The lowest BCUT2D eigenvalue weighted by atomic mass is 9.94. The van der Waals surface area contributed by atoms with E-state index in [4.69, 9.17) is 4.42 Å². The minimum atomic E-state index is -0.979. The minimum absolute atomic E-state index is 0.0176. The first-order chi connectivity index (χ1) is 20.9. The summed E-state index contributed by atoms with van der Waals surface area (Å²) in [5.41, 5.74) is 3.35. The van der Waals surface area contributed by atoms with Gasteiger partial charge in [0, 0.05) is 41.3 Å². The number of carbonyl (C=O) groups excluding carboxylic acids is 1. The van der Waals surface area contributed by atoms with Crippen molar-refractivity contribution in [2.45, 2.75) is 69.2 Å². The molecule has 2 aromatic carbocycles. The van der Waals surface area contributed by atoms with Crippen molar-refractivity contribution in [2.75, 3.05) is 13.1 Å². The van der Waals surface area contributed by atoms with E-state index in [0.717, 1.165) is 29.1 Å². The molecule has 2 aliphatic heterocycles. The predicted molar refractivity (Wildman–Crippen MR) is 162 cm³/mol. The van der Waals surface area contributed by atoms with Crippen molar-refractivity contribution in [1.82, 2.24) is 25.5 Å². The number of aliphatic hydroxyl groups excluding tert-OH is 3. The van der Waals surface area contributed by atoms with E-state index in [0.29, 0.717) is 48.5 Å². The fraction of sp³-hybridized carbons (Fsp3) is 0.406. The number of oxazole rings is 1. The van der Waals surface area contributed by atoms with Crippen molar-refractivity contribution >= 4 is 17.2 Å². The Hall–Kier alpha value is -3.45. The van der Waals surface area contributed by atoms with Crippen LogP contribution < -0.4 is 10.6 Å². The molecule has 226 valence electrons. The summed E-state index contributed by atoms with van der Waals surface area (Å²) in [6.45, 7) is 3.05. The first-order valence-corrected chi connectivity index (χ1v) is 15.6. The second kappa shape index (κ2) is 13.0. The molecular weight excluding hydrogens is 566 g/mol. The number of amides is 1. The van der Waals surface area contributed by atoms with Gasteiger partial charge in [0.25, 0.3) is 5.91 Å². The van der Waals surface area contributed by atoms with Crippen LogP contribution in [-0.2, 0) is 6.42 Å². The molecule has 1 amide bonds. The van der Waals surface area contributed by atoms with E-state index in [-0.39, 0.29) is 12.1 Å². The Morgan fingerprint density at radius 2 is 2.07 bits per heavy atom. The summed E-state index contributed by atoms with van der Waals surface area (Å²) in [5, 5.41) is 42.3. The first-order valence-electron chi connectivity index (χ1n) is 14.7. The van der Waals surface area contributed by atoms with Gasteiger partial charge in [-0.2, -0.15) is 0 Å². The Morgan fingerprint density at radius 1 is 1.23 bits per heavy atom. The zero-order valence-electron chi connectivity index (χ0n) is 24.0. The number of aromatic nitrogens is 2. The highest BCUT2D eigenvalue weighted by Crippen LogP contribution is 2.39. The van der Waals surface area contributed by atoms with Crippen LogP contribution in [0.25, 0.3) is 11.5 Å². The Kier molecular flexibility index (Phi) is 8.98. The minimum Gasteiger partial charge on any atom is -0.445 e. The van der Waals surface area contributed by atoms with Crippen LogP contribution in [0.15, 0.2) is 70.8 Å². The third kappa shape index (κ3) is 6.72. The van der Waals surface area contributed by atoms with Gasteiger partial charge >= 0.3 is 0 Å². The van der Waals surface area contributed by atoms with Crippen molar-refractivity contribution in [3.63, 3.8) is 0 Å². The molecule has 0 saturated carbocycles. The van der Waals surface area contributed by atoms with Crippen molar-refractivity contribution in [3.05, 3.63) is 93.8 Å². The lowest BCUT2D eigenvalue weighted by molar-refractivity contribution is -0.00795. The molecule has 2 fully saturated rings. The molecule has 11 heteroatoms. The van der Waals surface area contributed by atoms with E-state index in [1.165, 1.54) is 12.5 Å². The van der Waals surface area contributed by atoms with E-state index in [9.17, 15) is 20.1 Å². The van der Waals surface area contributed by atoms with E-state index < -0.39 is 30.4 Å². The Balaban J connectivity index is 1.30. The number of aliphatic hydroxyl groups is 3. The van der Waals surface area contributed by atoms with Crippen LogP contribution in [0.1, 0.15) is 63.7 Å². The van der Waals surface area contributed by atoms with Crippen LogP contribution in [0.5, 0.6) is 0 Å². The molecule has 2 aliphatic rings. The monoisotopic (exact) mass is 603 g/mol. The zero-order chi connectivity index (χ0) is 29.9. The molecule has 4 heterocycles. The van der Waals surface area contributed by atoms with Crippen molar-refractivity contribution in [3.8, 4) is 11.5 Å². The maximum absolute atomic E-state index is 13.9. The normalized spacial score (nSPS) is 22.8. The molecule has 43 heavy (non-hydrogen) atoms. The van der Waals surface area contributed by atoms with Crippen LogP contribution in [-0.4, -0.2) is 73.5 Å². The van der Waals surface area contributed by atoms with Crippen LogP contribution >= 0.6 is 11.3 Å². The number of aryl methyl sites for hydroxylation is 1. The number of nitrogens with one attached hydrogen (secondary N) is 2. The molecular formula is C32H37N5O5S. The van der Waals surface area contributed by atoms with Crippen LogP contribution in [0.2, 0.25) is 0 Å². The lowest BCUT2D eigenvalue weighted by Gasteiger charge is -2.30. The summed E-state index contributed by atoms with van der Waals surface area (Å²) in [5.74, 6) is -0.0597. The quantitative estimate of drug-likeness (QED) is 0.184. The number of hydrogen-bond donors (Lipinski definition) is 5. The molecule has 10 nitrogen and oxygen atoms in total. The second-order valence-corrected chi connectivity index (χ2v) is 12.3. The van der Waals surface area contributed by atoms with Crippen LogP contribution in [0.4, 0.5) is 0 Å². The largest absolute Gasteiger partial charge is 0.445 e. The van der Waals surface area contributed by atoms with Crippen molar-refractivity contribution in [2.24, 2.45) is 0 Å². The number of rotatable bonds is 10. The number of benzene rings is 2. The summed E-state index contributed by atoms with van der Waals surface area (Å²) in [6.07, 6.45) is 3.16. The molecule has 0 bridgehead atoms. The van der Waals surface area contributed by atoms with Gasteiger partial charge in [-0.1, -0.05) is 30.3 Å². The van der Waals surface area contributed by atoms with E-state index in [2.05, 4.69) is 20.6 Å². The third-order valence-electron chi connectivity index (χ3n) is 8.31. The first kappa shape index (κ1) is 29.6. The summed E-state index contributed by atoms with van der Waals surface area (Å²) < 4.78 is 5.57. The van der Waals surface area contributed by atoms with E-state index in [1.807, 2.05) is 47.5 Å². The smallest absolute Gasteiger partial charge is 0.251 e. The number of hydrogen-bond acceptors (Lipinski definition) is 10. The molecule has 4 aromatic rings. The van der Waals surface area contributed by atoms with Gasteiger partial charge in [0.1, 0.15) is 17.5 Å². The second-order valence-electron chi connectivity index (χ2n) is 11.4. The number of β-amino-alcohol motifs (C(OH)–C–C–N with tert-alkyl or cyclic N) is 1. The maximum atomic E-state index is 13.9. The third-order valence-corrected chi connectivity index (χ3v) is 9.37. The summed E-state index contributed by atoms with van der Waals surface area (Å²) in [6, 6.07) is 13.8. The Labute approximate surface area is 254 Å². The van der Waals surface area contributed by atoms with Crippen LogP contribution in [0.3, 0.4) is 0 Å².